The molecule has 0 unspecified atom stereocenters. The van der Waals surface area contributed by atoms with Crippen LogP contribution in [0.5, 0.6) is 0 Å². The Morgan fingerprint density at radius 3 is 2.62 bits per heavy atom. The molecule has 50 valence electrons. The number of hydrogen-bond donors (Lipinski definition) is 1. The number of rotatable bonds is 4. The second-order valence-corrected chi connectivity index (χ2v) is 2.77. The maximum atomic E-state index is 8.40. The Morgan fingerprint density at radius 1 is 1.62 bits per heavy atom. The molecule has 0 aromatic rings. The Morgan fingerprint density at radius 2 is 2.25 bits per heavy atom. The van der Waals surface area contributed by atoms with Crippen LogP contribution in [-0.4, -0.2) is 17.0 Å². The molecule has 0 rings (SSSR count). The summed E-state index contributed by atoms with van der Waals surface area (Å²) in [6.07, 6.45) is 2.06. The van der Waals surface area contributed by atoms with E-state index in [0.29, 0.717) is 12.5 Å². The van der Waals surface area contributed by atoms with Gasteiger partial charge in [-0.1, -0.05) is 22.9 Å². The summed E-state index contributed by atoms with van der Waals surface area (Å²) in [5.41, 5.74) is 0. The van der Waals surface area contributed by atoms with E-state index < -0.39 is 0 Å². The minimum absolute atomic E-state index is 0.331. The fourth-order valence-electron chi connectivity index (χ4n) is 0.517. The van der Waals surface area contributed by atoms with Crippen LogP contribution in [-0.2, 0) is 0 Å². The molecule has 0 amide bonds. The van der Waals surface area contributed by atoms with Gasteiger partial charge in [0.1, 0.15) is 0 Å². The first kappa shape index (κ1) is 8.44. The van der Waals surface area contributed by atoms with E-state index in [2.05, 4.69) is 22.9 Å². The quantitative estimate of drug-likeness (QED) is 0.655. The summed E-state index contributed by atoms with van der Waals surface area (Å²) in [7, 11) is 0. The van der Waals surface area contributed by atoms with Crippen molar-refractivity contribution in [1.29, 1.82) is 0 Å². The lowest BCUT2D eigenvalue weighted by molar-refractivity contribution is 0.277. The summed E-state index contributed by atoms with van der Waals surface area (Å²) in [5.74, 6) is 0.710. The van der Waals surface area contributed by atoms with Gasteiger partial charge in [-0.25, -0.2) is 0 Å². The van der Waals surface area contributed by atoms with Crippen LogP contribution in [0.2, 0.25) is 0 Å². The van der Waals surface area contributed by atoms with Gasteiger partial charge in [0.15, 0.2) is 0 Å². The highest BCUT2D eigenvalue weighted by Gasteiger charge is 1.96. The summed E-state index contributed by atoms with van der Waals surface area (Å²) >= 11 is 3.36. The van der Waals surface area contributed by atoms with E-state index in [1.165, 1.54) is 0 Å². The number of hydrogen-bond acceptors (Lipinski definition) is 1. The molecule has 0 aliphatic heterocycles. The van der Waals surface area contributed by atoms with Crippen LogP contribution in [0.25, 0.3) is 0 Å². The smallest absolute Gasteiger partial charge is 0.0431 e. The van der Waals surface area contributed by atoms with Gasteiger partial charge in [-0.2, -0.15) is 0 Å². The van der Waals surface area contributed by atoms with Gasteiger partial charge in [0.2, 0.25) is 0 Å². The topological polar surface area (TPSA) is 20.2 Å². The molecular formula is C6H13BrO. The van der Waals surface area contributed by atoms with Crippen molar-refractivity contribution in [1.82, 2.24) is 0 Å². The lowest BCUT2D eigenvalue weighted by atomic mass is 10.1. The fraction of sp³-hybridized carbons (Fsp3) is 1.00. The van der Waals surface area contributed by atoms with Crippen LogP contribution in [0.4, 0.5) is 0 Å². The molecule has 0 aliphatic rings. The van der Waals surface area contributed by atoms with E-state index in [1.807, 2.05) is 0 Å². The van der Waals surface area contributed by atoms with Crippen molar-refractivity contribution in [2.75, 3.05) is 11.9 Å². The summed E-state index contributed by atoms with van der Waals surface area (Å²) in [6, 6.07) is 0. The first-order valence-corrected chi connectivity index (χ1v) is 4.10. The Hall–Kier alpha value is 0.440. The van der Waals surface area contributed by atoms with Crippen LogP contribution in [0.3, 0.4) is 0 Å². The zero-order chi connectivity index (χ0) is 6.41. The second kappa shape index (κ2) is 5.57. The highest BCUT2D eigenvalue weighted by atomic mass is 79.9. The molecule has 0 radical (unpaired) electrons. The van der Waals surface area contributed by atoms with Crippen molar-refractivity contribution in [3.8, 4) is 0 Å². The minimum atomic E-state index is 0.331. The van der Waals surface area contributed by atoms with Gasteiger partial charge in [-0.3, -0.25) is 0 Å². The third kappa shape index (κ3) is 4.60. The Labute approximate surface area is 59.2 Å². The summed E-state index contributed by atoms with van der Waals surface area (Å²) in [5, 5.41) is 9.44. The zero-order valence-electron chi connectivity index (χ0n) is 5.23. The lowest BCUT2D eigenvalue weighted by Crippen LogP contribution is -1.96. The van der Waals surface area contributed by atoms with Gasteiger partial charge < -0.3 is 5.11 Å². The molecule has 8 heavy (non-hydrogen) atoms. The first-order chi connectivity index (χ1) is 3.81. The highest BCUT2D eigenvalue weighted by Crippen LogP contribution is 2.06. The molecule has 0 bridgehead atoms. The monoisotopic (exact) mass is 180 g/mol. The van der Waals surface area contributed by atoms with Gasteiger partial charge in [0, 0.05) is 11.9 Å². The van der Waals surface area contributed by atoms with E-state index >= 15 is 0 Å². The van der Waals surface area contributed by atoms with Crippen molar-refractivity contribution >= 4 is 15.9 Å². The normalized spacial score (nSPS) is 13.9. The molecule has 0 aliphatic carbocycles. The minimum Gasteiger partial charge on any atom is -0.396 e. The van der Waals surface area contributed by atoms with Crippen molar-refractivity contribution in [3.05, 3.63) is 0 Å². The van der Waals surface area contributed by atoms with Gasteiger partial charge in [0.25, 0.3) is 0 Å². The Bertz CT molecular complexity index is 47.8. The lowest BCUT2D eigenvalue weighted by Gasteiger charge is -2.03. The van der Waals surface area contributed by atoms with Gasteiger partial charge in [-0.15, -0.1) is 0 Å². The van der Waals surface area contributed by atoms with Gasteiger partial charge in [-0.05, 0) is 18.8 Å². The molecule has 1 atom stereocenters. The van der Waals surface area contributed by atoms with Crippen molar-refractivity contribution in [3.63, 3.8) is 0 Å². The van der Waals surface area contributed by atoms with Crippen LogP contribution in [0.15, 0.2) is 0 Å². The number of alkyl halides is 1. The second-order valence-electron chi connectivity index (χ2n) is 2.13. The molecule has 0 heterocycles. The van der Waals surface area contributed by atoms with E-state index in [4.69, 9.17) is 5.11 Å². The predicted octanol–water partition coefficient (Wildman–Crippen LogP) is 1.79. The van der Waals surface area contributed by atoms with E-state index in [-0.39, 0.29) is 0 Å². The molecule has 0 fully saturated rings. The largest absolute Gasteiger partial charge is 0.396 e. The third-order valence-corrected chi connectivity index (χ3v) is 2.22. The van der Waals surface area contributed by atoms with E-state index in [9.17, 15) is 0 Å². The molecule has 0 saturated heterocycles. The first-order valence-electron chi connectivity index (χ1n) is 2.98. The molecular weight excluding hydrogens is 168 g/mol. The molecule has 2 heteroatoms. The SMILES string of the molecule is C[C@H](CBr)CCCO. The average Bonchev–Trinajstić information content (AvgIpc) is 1.83. The maximum absolute atomic E-state index is 8.40. The third-order valence-electron chi connectivity index (χ3n) is 1.12. The summed E-state index contributed by atoms with van der Waals surface area (Å²) < 4.78 is 0. The van der Waals surface area contributed by atoms with Crippen LogP contribution >= 0.6 is 15.9 Å². The summed E-state index contributed by atoms with van der Waals surface area (Å²) in [6.45, 7) is 2.50. The predicted molar refractivity (Wildman–Crippen MR) is 39.3 cm³/mol. The molecule has 0 spiro atoms. The standard InChI is InChI=1S/C6H13BrO/c1-6(5-7)3-2-4-8/h6,8H,2-5H2,1H3/t6-/m0/s1. The summed E-state index contributed by atoms with van der Waals surface area (Å²) in [4.78, 5) is 0. The van der Waals surface area contributed by atoms with E-state index in [1.54, 1.807) is 0 Å². The molecule has 1 nitrogen and oxygen atoms in total. The Balaban J connectivity index is 2.86. The van der Waals surface area contributed by atoms with Gasteiger partial charge in [0.05, 0.1) is 0 Å². The van der Waals surface area contributed by atoms with Crippen molar-refractivity contribution in [2.24, 2.45) is 5.92 Å². The van der Waals surface area contributed by atoms with Crippen LogP contribution in [0.1, 0.15) is 19.8 Å². The van der Waals surface area contributed by atoms with Crippen molar-refractivity contribution < 1.29 is 5.11 Å². The molecule has 0 saturated carbocycles. The van der Waals surface area contributed by atoms with E-state index in [0.717, 1.165) is 18.2 Å². The highest BCUT2D eigenvalue weighted by molar-refractivity contribution is 9.09. The molecule has 0 aromatic heterocycles. The molecule has 0 aromatic carbocycles. The molecule has 1 N–H and O–H groups in total. The van der Waals surface area contributed by atoms with Crippen LogP contribution in [0, 0.1) is 5.92 Å². The number of aliphatic hydroxyl groups excluding tert-OH is 1. The zero-order valence-corrected chi connectivity index (χ0v) is 6.82. The van der Waals surface area contributed by atoms with Crippen molar-refractivity contribution in [2.45, 2.75) is 19.8 Å². The average molecular weight is 181 g/mol. The number of aliphatic hydroxyl groups is 1. The Kier molecular flexibility index (Phi) is 5.88. The fourth-order valence-corrected chi connectivity index (χ4v) is 0.841. The van der Waals surface area contributed by atoms with Crippen LogP contribution < -0.4 is 0 Å². The maximum Gasteiger partial charge on any atom is 0.0431 e. The number of halogens is 1. The van der Waals surface area contributed by atoms with Gasteiger partial charge >= 0.3 is 0 Å².